The molecule has 1 saturated carbocycles. The van der Waals surface area contributed by atoms with Crippen molar-refractivity contribution in [3.05, 3.63) is 12.4 Å². The minimum atomic E-state index is -0.321. The van der Waals surface area contributed by atoms with E-state index in [4.69, 9.17) is 0 Å². The van der Waals surface area contributed by atoms with Gasteiger partial charge in [0.05, 0.1) is 11.9 Å². The predicted octanol–water partition coefficient (Wildman–Crippen LogP) is 2.67. The van der Waals surface area contributed by atoms with E-state index in [2.05, 4.69) is 10.4 Å². The summed E-state index contributed by atoms with van der Waals surface area (Å²) >= 11 is 0. The van der Waals surface area contributed by atoms with Crippen molar-refractivity contribution in [3.63, 3.8) is 0 Å². The molecular weight excluding hydrogens is 214 g/mol. The first-order valence-electron chi connectivity index (χ1n) is 6.35. The van der Waals surface area contributed by atoms with Gasteiger partial charge in [-0.05, 0) is 25.2 Å². The van der Waals surface area contributed by atoms with Crippen molar-refractivity contribution in [3.8, 4) is 0 Å². The molecule has 17 heavy (non-hydrogen) atoms. The van der Waals surface area contributed by atoms with Crippen LogP contribution in [0.2, 0.25) is 0 Å². The Labute approximate surface area is 102 Å². The van der Waals surface area contributed by atoms with E-state index < -0.39 is 0 Å². The zero-order chi connectivity index (χ0) is 12.5. The van der Waals surface area contributed by atoms with E-state index in [0.717, 1.165) is 24.6 Å². The Kier molecular flexibility index (Phi) is 3.22. The first-order chi connectivity index (χ1) is 8.01. The lowest BCUT2D eigenvalue weighted by Gasteiger charge is -2.20. The van der Waals surface area contributed by atoms with Gasteiger partial charge in [-0.1, -0.05) is 20.8 Å². The van der Waals surface area contributed by atoms with E-state index in [1.807, 2.05) is 31.6 Å². The Balaban J connectivity index is 1.93. The topological polar surface area (TPSA) is 46.9 Å². The quantitative estimate of drug-likeness (QED) is 0.853. The fourth-order valence-electron chi connectivity index (χ4n) is 1.55. The number of carbonyl (C=O) groups is 1. The molecule has 1 fully saturated rings. The summed E-state index contributed by atoms with van der Waals surface area (Å²) in [7, 11) is 0. The molecule has 0 saturated heterocycles. The lowest BCUT2D eigenvalue weighted by atomic mass is 9.89. The number of carbonyl (C=O) groups excluding carboxylic acids is 1. The monoisotopic (exact) mass is 235 g/mol. The predicted molar refractivity (Wildman–Crippen MR) is 67.7 cm³/mol. The molecule has 1 aliphatic rings. The van der Waals surface area contributed by atoms with Gasteiger partial charge in [0.1, 0.15) is 0 Å². The average Bonchev–Trinajstić information content (AvgIpc) is 2.99. The Hall–Kier alpha value is -1.32. The largest absolute Gasteiger partial charge is 0.323 e. The van der Waals surface area contributed by atoms with Crippen LogP contribution in [0, 0.1) is 11.3 Å². The summed E-state index contributed by atoms with van der Waals surface area (Å²) in [6, 6.07) is 0. The standard InChI is InChI=1S/C13H21N3O/c1-4-13(2,3)12(17)15-11-7-14-16(9-11)8-10-5-6-10/h7,9-10H,4-6,8H2,1-3H3,(H,15,17). The van der Waals surface area contributed by atoms with Crippen LogP contribution in [0.1, 0.15) is 40.0 Å². The van der Waals surface area contributed by atoms with Crippen LogP contribution in [0.15, 0.2) is 12.4 Å². The fraction of sp³-hybridized carbons (Fsp3) is 0.692. The molecule has 2 rings (SSSR count). The molecule has 1 heterocycles. The number of aromatic nitrogens is 2. The van der Waals surface area contributed by atoms with Gasteiger partial charge in [-0.25, -0.2) is 0 Å². The Morgan fingerprint density at radius 3 is 2.88 bits per heavy atom. The van der Waals surface area contributed by atoms with E-state index in [0.29, 0.717) is 0 Å². The molecule has 0 unspecified atom stereocenters. The number of nitrogens with zero attached hydrogens (tertiary/aromatic N) is 2. The number of hydrogen-bond acceptors (Lipinski definition) is 2. The van der Waals surface area contributed by atoms with Crippen LogP contribution < -0.4 is 5.32 Å². The van der Waals surface area contributed by atoms with Crippen LogP contribution >= 0.6 is 0 Å². The number of nitrogens with one attached hydrogen (secondary N) is 1. The Morgan fingerprint density at radius 1 is 1.59 bits per heavy atom. The fourth-order valence-corrected chi connectivity index (χ4v) is 1.55. The highest BCUT2D eigenvalue weighted by atomic mass is 16.2. The third-order valence-corrected chi connectivity index (χ3v) is 3.53. The van der Waals surface area contributed by atoms with Gasteiger partial charge in [-0.15, -0.1) is 0 Å². The molecule has 0 spiro atoms. The van der Waals surface area contributed by atoms with Crippen LogP contribution in [0.5, 0.6) is 0 Å². The van der Waals surface area contributed by atoms with Crippen LogP contribution in [0.25, 0.3) is 0 Å². The lowest BCUT2D eigenvalue weighted by molar-refractivity contribution is -0.124. The van der Waals surface area contributed by atoms with Crippen molar-refractivity contribution in [2.45, 2.75) is 46.6 Å². The maximum absolute atomic E-state index is 12.0. The summed E-state index contributed by atoms with van der Waals surface area (Å²) in [5.41, 5.74) is 0.482. The second-order valence-electron chi connectivity index (χ2n) is 5.59. The molecule has 4 heteroatoms. The van der Waals surface area contributed by atoms with Crippen molar-refractivity contribution >= 4 is 11.6 Å². The molecule has 1 aromatic rings. The molecule has 1 aliphatic carbocycles. The zero-order valence-corrected chi connectivity index (χ0v) is 10.9. The van der Waals surface area contributed by atoms with Crippen molar-refractivity contribution in [2.24, 2.45) is 11.3 Å². The van der Waals surface area contributed by atoms with E-state index in [1.165, 1.54) is 12.8 Å². The number of anilines is 1. The highest BCUT2D eigenvalue weighted by Crippen LogP contribution is 2.30. The molecule has 1 aromatic heterocycles. The van der Waals surface area contributed by atoms with Crippen LogP contribution in [0.4, 0.5) is 5.69 Å². The normalized spacial score (nSPS) is 15.9. The molecule has 0 radical (unpaired) electrons. The summed E-state index contributed by atoms with van der Waals surface area (Å²) in [5.74, 6) is 0.858. The molecule has 1 amide bonds. The van der Waals surface area contributed by atoms with Crippen LogP contribution in [-0.4, -0.2) is 15.7 Å². The van der Waals surface area contributed by atoms with Gasteiger partial charge in [0.15, 0.2) is 0 Å². The van der Waals surface area contributed by atoms with Gasteiger partial charge in [-0.3, -0.25) is 9.48 Å². The first kappa shape index (κ1) is 12.1. The van der Waals surface area contributed by atoms with E-state index in [1.54, 1.807) is 6.20 Å². The van der Waals surface area contributed by atoms with E-state index >= 15 is 0 Å². The van der Waals surface area contributed by atoms with E-state index in [-0.39, 0.29) is 11.3 Å². The van der Waals surface area contributed by atoms with Crippen LogP contribution in [-0.2, 0) is 11.3 Å². The second kappa shape index (κ2) is 4.51. The first-order valence-corrected chi connectivity index (χ1v) is 6.35. The highest BCUT2D eigenvalue weighted by molar-refractivity contribution is 5.94. The molecule has 94 valence electrons. The van der Waals surface area contributed by atoms with Gasteiger partial charge in [0.2, 0.25) is 5.91 Å². The van der Waals surface area contributed by atoms with Crippen molar-refractivity contribution in [1.29, 1.82) is 0 Å². The van der Waals surface area contributed by atoms with Crippen molar-refractivity contribution in [2.75, 3.05) is 5.32 Å². The van der Waals surface area contributed by atoms with Crippen molar-refractivity contribution in [1.82, 2.24) is 9.78 Å². The molecule has 0 bridgehead atoms. The highest BCUT2D eigenvalue weighted by Gasteiger charge is 2.26. The molecule has 0 atom stereocenters. The summed E-state index contributed by atoms with van der Waals surface area (Å²) in [5, 5.41) is 7.18. The minimum absolute atomic E-state index is 0.0611. The maximum atomic E-state index is 12.0. The number of amides is 1. The van der Waals surface area contributed by atoms with Gasteiger partial charge in [0, 0.05) is 18.2 Å². The van der Waals surface area contributed by atoms with E-state index in [9.17, 15) is 4.79 Å². The number of rotatable bonds is 5. The third-order valence-electron chi connectivity index (χ3n) is 3.53. The summed E-state index contributed by atoms with van der Waals surface area (Å²) in [6.45, 7) is 6.91. The summed E-state index contributed by atoms with van der Waals surface area (Å²) in [6.07, 6.45) is 7.10. The average molecular weight is 235 g/mol. The SMILES string of the molecule is CCC(C)(C)C(=O)Nc1cnn(CC2CC2)c1. The third kappa shape index (κ3) is 3.08. The molecule has 1 N–H and O–H groups in total. The maximum Gasteiger partial charge on any atom is 0.230 e. The smallest absolute Gasteiger partial charge is 0.230 e. The Bertz CT molecular complexity index is 405. The minimum Gasteiger partial charge on any atom is -0.323 e. The van der Waals surface area contributed by atoms with Gasteiger partial charge in [0.25, 0.3) is 0 Å². The van der Waals surface area contributed by atoms with Crippen molar-refractivity contribution < 1.29 is 4.79 Å². The summed E-state index contributed by atoms with van der Waals surface area (Å²) < 4.78 is 1.92. The van der Waals surface area contributed by atoms with Gasteiger partial charge >= 0.3 is 0 Å². The number of hydrogen-bond donors (Lipinski definition) is 1. The molecule has 4 nitrogen and oxygen atoms in total. The molecule has 0 aliphatic heterocycles. The zero-order valence-electron chi connectivity index (χ0n) is 10.9. The molecule has 0 aromatic carbocycles. The second-order valence-corrected chi connectivity index (χ2v) is 5.59. The summed E-state index contributed by atoms with van der Waals surface area (Å²) in [4.78, 5) is 12.0. The van der Waals surface area contributed by atoms with Crippen LogP contribution in [0.3, 0.4) is 0 Å². The van der Waals surface area contributed by atoms with Gasteiger partial charge < -0.3 is 5.32 Å². The van der Waals surface area contributed by atoms with Gasteiger partial charge in [-0.2, -0.15) is 5.10 Å². The molecular formula is C13H21N3O. The Morgan fingerprint density at radius 2 is 2.29 bits per heavy atom. The lowest BCUT2D eigenvalue weighted by Crippen LogP contribution is -2.29.